The van der Waals surface area contributed by atoms with Crippen molar-refractivity contribution < 1.29 is 8.42 Å². The van der Waals surface area contributed by atoms with E-state index in [1.165, 1.54) is 12.8 Å². The van der Waals surface area contributed by atoms with Crippen LogP contribution in [0, 0.1) is 5.92 Å². The zero-order valence-corrected chi connectivity index (χ0v) is 11.8. The molecule has 0 bridgehead atoms. The minimum atomic E-state index is -3.04. The van der Waals surface area contributed by atoms with Crippen LogP contribution in [0.1, 0.15) is 38.5 Å². The average molecular weight is 283 g/mol. The molecule has 0 unspecified atom stereocenters. The maximum Gasteiger partial charge on any atom is 0.211 e. The molecule has 1 saturated carbocycles. The van der Waals surface area contributed by atoms with Gasteiger partial charge in [-0.25, -0.2) is 13.1 Å². The van der Waals surface area contributed by atoms with Crippen molar-refractivity contribution >= 4 is 22.4 Å². The van der Waals surface area contributed by atoms with Gasteiger partial charge in [0.15, 0.2) is 0 Å². The van der Waals surface area contributed by atoms with Crippen molar-refractivity contribution in [1.82, 2.24) is 10.0 Å². The Morgan fingerprint density at radius 1 is 1.12 bits per heavy atom. The van der Waals surface area contributed by atoms with Gasteiger partial charge in [0.25, 0.3) is 0 Å². The Morgan fingerprint density at radius 3 is 2.41 bits per heavy atom. The Labute approximate surface area is 110 Å². The number of halogens is 1. The average Bonchev–Trinajstić information content (AvgIpc) is 2.85. The fourth-order valence-electron chi connectivity index (χ4n) is 2.70. The molecule has 1 heterocycles. The van der Waals surface area contributed by atoms with E-state index in [0.29, 0.717) is 24.3 Å². The molecule has 0 aromatic heterocycles. The van der Waals surface area contributed by atoms with Gasteiger partial charge in [-0.3, -0.25) is 0 Å². The summed E-state index contributed by atoms with van der Waals surface area (Å²) in [6.45, 7) is 1.59. The third kappa shape index (κ3) is 5.12. The monoisotopic (exact) mass is 282 g/mol. The zero-order valence-electron chi connectivity index (χ0n) is 10.2. The first kappa shape index (κ1) is 15.2. The van der Waals surface area contributed by atoms with Crippen molar-refractivity contribution in [3.63, 3.8) is 0 Å². The van der Waals surface area contributed by atoms with E-state index in [1.807, 2.05) is 0 Å². The smallest absolute Gasteiger partial charge is 0.211 e. The number of hydrogen-bond donors (Lipinski definition) is 2. The molecule has 0 aromatic carbocycles. The van der Waals surface area contributed by atoms with Gasteiger partial charge in [0.2, 0.25) is 10.0 Å². The summed E-state index contributed by atoms with van der Waals surface area (Å²) in [5.74, 6) is 0.730. The van der Waals surface area contributed by atoms with Crippen LogP contribution >= 0.6 is 12.4 Å². The molecule has 6 heteroatoms. The lowest BCUT2D eigenvalue weighted by Crippen LogP contribution is -2.39. The van der Waals surface area contributed by atoms with Crippen molar-refractivity contribution in [2.24, 2.45) is 5.92 Å². The van der Waals surface area contributed by atoms with E-state index in [4.69, 9.17) is 0 Å². The summed E-state index contributed by atoms with van der Waals surface area (Å²) in [6, 6.07) is 0.346. The van der Waals surface area contributed by atoms with Crippen LogP contribution in [-0.4, -0.2) is 33.3 Å². The molecule has 0 radical (unpaired) electrons. The minimum Gasteiger partial charge on any atom is -0.313 e. The maximum absolute atomic E-state index is 11.8. The van der Waals surface area contributed by atoms with Gasteiger partial charge in [0, 0.05) is 12.6 Å². The van der Waals surface area contributed by atoms with Gasteiger partial charge in [-0.15, -0.1) is 12.4 Å². The molecule has 0 amide bonds. The van der Waals surface area contributed by atoms with Gasteiger partial charge in [-0.05, 0) is 38.1 Å². The molecule has 1 saturated heterocycles. The highest BCUT2D eigenvalue weighted by Gasteiger charge is 2.23. The fraction of sp³-hybridized carbons (Fsp3) is 1.00. The molecule has 17 heavy (non-hydrogen) atoms. The van der Waals surface area contributed by atoms with Gasteiger partial charge in [0.1, 0.15) is 0 Å². The molecule has 0 spiro atoms. The summed E-state index contributed by atoms with van der Waals surface area (Å²) in [7, 11) is -3.04. The summed E-state index contributed by atoms with van der Waals surface area (Å²) < 4.78 is 26.3. The van der Waals surface area contributed by atoms with E-state index in [9.17, 15) is 8.42 Å². The van der Waals surface area contributed by atoms with E-state index in [1.54, 1.807) is 0 Å². The highest BCUT2D eigenvalue weighted by molar-refractivity contribution is 7.89. The van der Waals surface area contributed by atoms with Crippen molar-refractivity contribution in [2.75, 3.05) is 18.8 Å². The SMILES string of the molecule is Cl.O=S(=O)(CC1CCCC1)NC[C@H]1CCCN1. The third-order valence-corrected chi connectivity index (χ3v) is 5.16. The Kier molecular flexibility index (Phi) is 6.20. The lowest BCUT2D eigenvalue weighted by molar-refractivity contribution is 0.531. The zero-order chi connectivity index (χ0) is 11.4. The second-order valence-corrected chi connectivity index (χ2v) is 6.93. The Hall–Kier alpha value is 0.160. The summed E-state index contributed by atoms with van der Waals surface area (Å²) in [4.78, 5) is 0. The highest BCUT2D eigenvalue weighted by atomic mass is 35.5. The van der Waals surface area contributed by atoms with Crippen LogP contribution in [0.3, 0.4) is 0 Å². The van der Waals surface area contributed by atoms with E-state index in [-0.39, 0.29) is 12.4 Å². The molecule has 1 aliphatic carbocycles. The van der Waals surface area contributed by atoms with E-state index < -0.39 is 10.0 Å². The first-order chi connectivity index (χ1) is 7.66. The van der Waals surface area contributed by atoms with Gasteiger partial charge in [0.05, 0.1) is 5.75 Å². The predicted molar refractivity (Wildman–Crippen MR) is 72.0 cm³/mol. The molecule has 2 rings (SSSR count). The lowest BCUT2D eigenvalue weighted by Gasteiger charge is -2.14. The molecular weight excluding hydrogens is 260 g/mol. The first-order valence-corrected chi connectivity index (χ1v) is 8.02. The van der Waals surface area contributed by atoms with Crippen LogP contribution in [0.2, 0.25) is 0 Å². The molecule has 2 fully saturated rings. The van der Waals surface area contributed by atoms with Crippen molar-refractivity contribution in [3.05, 3.63) is 0 Å². The van der Waals surface area contributed by atoms with Crippen LogP contribution in [-0.2, 0) is 10.0 Å². The Morgan fingerprint density at radius 2 is 1.82 bits per heavy atom. The summed E-state index contributed by atoms with van der Waals surface area (Å²) in [5, 5.41) is 3.30. The molecule has 0 aromatic rings. The lowest BCUT2D eigenvalue weighted by atomic mass is 10.1. The van der Waals surface area contributed by atoms with Crippen molar-refractivity contribution in [3.8, 4) is 0 Å². The van der Waals surface area contributed by atoms with Gasteiger partial charge in [-0.1, -0.05) is 12.8 Å². The molecule has 2 aliphatic rings. The molecule has 1 atom stereocenters. The second-order valence-electron chi connectivity index (χ2n) is 5.07. The van der Waals surface area contributed by atoms with Crippen molar-refractivity contribution in [2.45, 2.75) is 44.6 Å². The first-order valence-electron chi connectivity index (χ1n) is 6.36. The largest absolute Gasteiger partial charge is 0.313 e. The van der Waals surface area contributed by atoms with E-state index in [0.717, 1.165) is 32.2 Å². The molecular formula is C11H23ClN2O2S. The van der Waals surface area contributed by atoms with Crippen LogP contribution in [0.25, 0.3) is 0 Å². The number of rotatable bonds is 5. The normalized spacial score (nSPS) is 26.0. The molecule has 102 valence electrons. The topological polar surface area (TPSA) is 58.2 Å². The Balaban J connectivity index is 0.00000144. The Bertz CT molecular complexity index is 309. The summed E-state index contributed by atoms with van der Waals surface area (Å²) in [5.41, 5.74) is 0. The van der Waals surface area contributed by atoms with Crippen LogP contribution in [0.5, 0.6) is 0 Å². The number of sulfonamides is 1. The summed E-state index contributed by atoms with van der Waals surface area (Å²) in [6.07, 6.45) is 6.82. The standard InChI is InChI=1S/C11H22N2O2S.ClH/c14-16(15,9-10-4-1-2-5-10)13-8-11-6-3-7-12-11;/h10-13H,1-9H2;1H/t11-;/m1./s1. The molecule has 1 aliphatic heterocycles. The van der Waals surface area contributed by atoms with Crippen LogP contribution in [0.15, 0.2) is 0 Å². The number of hydrogen-bond acceptors (Lipinski definition) is 3. The van der Waals surface area contributed by atoms with E-state index >= 15 is 0 Å². The summed E-state index contributed by atoms with van der Waals surface area (Å²) >= 11 is 0. The van der Waals surface area contributed by atoms with Gasteiger partial charge >= 0.3 is 0 Å². The van der Waals surface area contributed by atoms with E-state index in [2.05, 4.69) is 10.0 Å². The second kappa shape index (κ2) is 6.92. The van der Waals surface area contributed by atoms with Crippen molar-refractivity contribution in [1.29, 1.82) is 0 Å². The molecule has 2 N–H and O–H groups in total. The van der Waals surface area contributed by atoms with Gasteiger partial charge < -0.3 is 5.32 Å². The maximum atomic E-state index is 11.8. The predicted octanol–water partition coefficient (Wildman–Crippen LogP) is 1.27. The third-order valence-electron chi connectivity index (χ3n) is 3.64. The molecule has 4 nitrogen and oxygen atoms in total. The minimum absolute atomic E-state index is 0. The number of nitrogens with one attached hydrogen (secondary N) is 2. The quantitative estimate of drug-likeness (QED) is 0.798. The van der Waals surface area contributed by atoms with Crippen LogP contribution in [0.4, 0.5) is 0 Å². The highest BCUT2D eigenvalue weighted by Crippen LogP contribution is 2.25. The van der Waals surface area contributed by atoms with Crippen LogP contribution < -0.4 is 10.0 Å². The fourth-order valence-corrected chi connectivity index (χ4v) is 4.23. The van der Waals surface area contributed by atoms with Gasteiger partial charge in [-0.2, -0.15) is 0 Å².